The Balaban J connectivity index is 1.64. The molecule has 2 aromatic rings. The zero-order valence-electron chi connectivity index (χ0n) is 15.7. The minimum atomic E-state index is -0.697. The minimum absolute atomic E-state index is 0.181. The van der Waals surface area contributed by atoms with E-state index in [2.05, 4.69) is 22.1 Å². The maximum Gasteiger partial charge on any atom is 0.306 e. The lowest BCUT2D eigenvalue weighted by Crippen LogP contribution is -2.42. The lowest BCUT2D eigenvalue weighted by Gasteiger charge is -2.36. The Hall–Kier alpha value is -2.73. The van der Waals surface area contributed by atoms with E-state index in [1.54, 1.807) is 18.5 Å². The first-order valence-corrected chi connectivity index (χ1v) is 9.21. The first-order valence-electron chi connectivity index (χ1n) is 9.21. The summed E-state index contributed by atoms with van der Waals surface area (Å²) in [6.07, 6.45) is 4.62. The summed E-state index contributed by atoms with van der Waals surface area (Å²) in [6, 6.07) is 9.81. The van der Waals surface area contributed by atoms with E-state index in [1.807, 2.05) is 31.2 Å². The van der Waals surface area contributed by atoms with Crippen LogP contribution in [0.25, 0.3) is 0 Å². The molecule has 2 N–H and O–H groups in total. The third-order valence-electron chi connectivity index (χ3n) is 5.07. The predicted molar refractivity (Wildman–Crippen MR) is 104 cm³/mol. The third-order valence-corrected chi connectivity index (χ3v) is 5.07. The number of likely N-dealkylation sites (tertiary alicyclic amines) is 1. The second-order valence-electron chi connectivity index (χ2n) is 7.28. The van der Waals surface area contributed by atoms with Crippen molar-refractivity contribution in [3.8, 4) is 0 Å². The summed E-state index contributed by atoms with van der Waals surface area (Å²) in [7, 11) is 0. The Morgan fingerprint density at radius 2 is 2.11 bits per heavy atom. The number of hydrogen-bond donors (Lipinski definition) is 2. The summed E-state index contributed by atoms with van der Waals surface area (Å²) in [4.78, 5) is 29.9. The van der Waals surface area contributed by atoms with Crippen molar-refractivity contribution in [2.75, 3.05) is 11.9 Å². The molecule has 0 aliphatic carbocycles. The fourth-order valence-electron chi connectivity index (χ4n) is 3.54. The maximum atomic E-state index is 12.4. The number of aryl methyl sites for hydroxylation is 1. The number of anilines is 1. The van der Waals surface area contributed by atoms with Crippen LogP contribution in [0.4, 0.5) is 5.69 Å². The number of carboxylic acid groups (broad SMARTS) is 1. The average Bonchev–Trinajstić information content (AvgIpc) is 2.63. The molecule has 142 valence electrons. The zero-order valence-corrected chi connectivity index (χ0v) is 15.7. The highest BCUT2D eigenvalue weighted by atomic mass is 16.4. The van der Waals surface area contributed by atoms with E-state index in [-0.39, 0.29) is 17.9 Å². The van der Waals surface area contributed by atoms with Gasteiger partial charge < -0.3 is 10.4 Å². The van der Waals surface area contributed by atoms with E-state index < -0.39 is 5.97 Å². The van der Waals surface area contributed by atoms with Gasteiger partial charge in [0.15, 0.2) is 0 Å². The number of rotatable bonds is 5. The molecular formula is C21H25N3O3. The van der Waals surface area contributed by atoms with Gasteiger partial charge in [0, 0.05) is 30.7 Å². The van der Waals surface area contributed by atoms with Crippen molar-refractivity contribution in [2.45, 2.75) is 39.3 Å². The van der Waals surface area contributed by atoms with E-state index in [4.69, 9.17) is 0 Å². The molecule has 27 heavy (non-hydrogen) atoms. The van der Waals surface area contributed by atoms with Crippen molar-refractivity contribution in [1.82, 2.24) is 9.88 Å². The highest BCUT2D eigenvalue weighted by molar-refractivity contribution is 6.04. The van der Waals surface area contributed by atoms with E-state index in [9.17, 15) is 14.7 Å². The molecule has 6 nitrogen and oxygen atoms in total. The van der Waals surface area contributed by atoms with Gasteiger partial charge in [-0.15, -0.1) is 0 Å². The number of aromatic nitrogens is 1. The smallest absolute Gasteiger partial charge is 0.306 e. The molecule has 0 bridgehead atoms. The van der Waals surface area contributed by atoms with Crippen molar-refractivity contribution >= 4 is 17.6 Å². The van der Waals surface area contributed by atoms with Gasteiger partial charge >= 0.3 is 5.97 Å². The predicted octanol–water partition coefficient (Wildman–Crippen LogP) is 3.33. The summed E-state index contributed by atoms with van der Waals surface area (Å²) < 4.78 is 0. The number of aliphatic carboxylic acids is 1. The summed E-state index contributed by atoms with van der Waals surface area (Å²) in [5, 5.41) is 12.1. The van der Waals surface area contributed by atoms with Crippen molar-refractivity contribution in [3.63, 3.8) is 0 Å². The fourth-order valence-corrected chi connectivity index (χ4v) is 3.54. The summed E-state index contributed by atoms with van der Waals surface area (Å²) in [6.45, 7) is 5.48. The van der Waals surface area contributed by atoms with E-state index in [0.717, 1.165) is 29.9 Å². The van der Waals surface area contributed by atoms with Gasteiger partial charge in [0.1, 0.15) is 0 Å². The topological polar surface area (TPSA) is 82.5 Å². The van der Waals surface area contributed by atoms with Gasteiger partial charge in [0.2, 0.25) is 0 Å². The van der Waals surface area contributed by atoms with Gasteiger partial charge in [-0.3, -0.25) is 19.5 Å². The quantitative estimate of drug-likeness (QED) is 0.847. The Morgan fingerprint density at radius 3 is 2.81 bits per heavy atom. The lowest BCUT2D eigenvalue weighted by atomic mass is 9.91. The van der Waals surface area contributed by atoms with Crippen LogP contribution in [-0.2, 0) is 11.3 Å². The number of nitrogens with one attached hydrogen (secondary N) is 1. The number of carbonyl (C=O) groups excluding carboxylic acids is 1. The number of amides is 1. The second kappa shape index (κ2) is 8.31. The average molecular weight is 367 g/mol. The molecule has 1 aromatic heterocycles. The number of nitrogens with zero attached hydrogens (tertiary/aromatic N) is 2. The molecule has 1 fully saturated rings. The van der Waals surface area contributed by atoms with Gasteiger partial charge in [0.25, 0.3) is 5.91 Å². The molecule has 0 radical (unpaired) electrons. The largest absolute Gasteiger partial charge is 0.481 e. The van der Waals surface area contributed by atoms with Crippen LogP contribution in [0.5, 0.6) is 0 Å². The van der Waals surface area contributed by atoms with Gasteiger partial charge in [-0.1, -0.05) is 12.1 Å². The molecule has 1 aliphatic heterocycles. The van der Waals surface area contributed by atoms with E-state index in [0.29, 0.717) is 18.4 Å². The van der Waals surface area contributed by atoms with Crippen molar-refractivity contribution < 1.29 is 14.7 Å². The highest BCUT2D eigenvalue weighted by Crippen LogP contribution is 2.25. The Labute approximate surface area is 159 Å². The van der Waals surface area contributed by atoms with E-state index in [1.165, 1.54) is 0 Å². The summed E-state index contributed by atoms with van der Waals surface area (Å²) in [5.74, 6) is -1.12. The molecule has 0 saturated carbocycles. The van der Waals surface area contributed by atoms with Gasteiger partial charge in [0.05, 0.1) is 11.5 Å². The number of piperidine rings is 1. The number of pyridine rings is 1. The molecule has 3 rings (SSSR count). The normalized spacial score (nSPS) is 20.2. The number of carbonyl (C=O) groups is 2. The van der Waals surface area contributed by atoms with Crippen LogP contribution in [0.1, 0.15) is 41.3 Å². The molecule has 6 heteroatoms. The number of carboxylic acids is 1. The Bertz CT molecular complexity index is 837. The first-order chi connectivity index (χ1) is 12.9. The fraction of sp³-hybridized carbons (Fsp3) is 0.381. The van der Waals surface area contributed by atoms with Crippen LogP contribution in [0.15, 0.2) is 42.7 Å². The molecule has 2 unspecified atom stereocenters. The molecule has 2 atom stereocenters. The van der Waals surface area contributed by atoms with Crippen LogP contribution < -0.4 is 5.32 Å². The van der Waals surface area contributed by atoms with Crippen molar-refractivity contribution in [1.29, 1.82) is 0 Å². The van der Waals surface area contributed by atoms with Crippen LogP contribution in [-0.4, -0.2) is 39.5 Å². The van der Waals surface area contributed by atoms with Crippen LogP contribution in [0, 0.1) is 12.8 Å². The number of hydrogen-bond acceptors (Lipinski definition) is 4. The molecular weight excluding hydrogens is 342 g/mol. The zero-order chi connectivity index (χ0) is 19.4. The van der Waals surface area contributed by atoms with E-state index >= 15 is 0 Å². The summed E-state index contributed by atoms with van der Waals surface area (Å²) >= 11 is 0. The van der Waals surface area contributed by atoms with Gasteiger partial charge in [-0.2, -0.15) is 0 Å². The standard InChI is InChI=1S/C21H25N3O3/c1-14-8-18(12-22-11-14)20(25)23-19-5-3-4-16(10-19)13-24-7-6-17(21(26)27)9-15(24)2/h3-5,8,10-12,15,17H,6-7,9,13H2,1-2H3,(H,23,25)(H,26,27). The molecule has 0 spiro atoms. The Morgan fingerprint density at radius 1 is 1.30 bits per heavy atom. The Kier molecular flexibility index (Phi) is 5.86. The molecule has 1 aliphatic rings. The van der Waals surface area contributed by atoms with Gasteiger partial charge in [-0.25, -0.2) is 0 Å². The molecule has 1 aromatic carbocycles. The SMILES string of the molecule is Cc1cncc(C(=O)Nc2cccc(CN3CCC(C(=O)O)CC3C)c2)c1. The number of benzene rings is 1. The molecule has 1 saturated heterocycles. The third kappa shape index (κ3) is 4.92. The maximum absolute atomic E-state index is 12.4. The monoisotopic (exact) mass is 367 g/mol. The summed E-state index contributed by atoms with van der Waals surface area (Å²) in [5.41, 5.74) is 3.31. The second-order valence-corrected chi connectivity index (χ2v) is 7.28. The molecule has 1 amide bonds. The highest BCUT2D eigenvalue weighted by Gasteiger charge is 2.29. The molecule has 2 heterocycles. The van der Waals surface area contributed by atoms with Gasteiger partial charge in [-0.05, 0) is 62.6 Å². The van der Waals surface area contributed by atoms with Crippen molar-refractivity contribution in [3.05, 3.63) is 59.4 Å². The van der Waals surface area contributed by atoms with Crippen LogP contribution >= 0.6 is 0 Å². The first kappa shape index (κ1) is 19.0. The van der Waals surface area contributed by atoms with Crippen LogP contribution in [0.2, 0.25) is 0 Å². The minimum Gasteiger partial charge on any atom is -0.481 e. The van der Waals surface area contributed by atoms with Crippen molar-refractivity contribution in [2.24, 2.45) is 5.92 Å². The van der Waals surface area contributed by atoms with Crippen LogP contribution in [0.3, 0.4) is 0 Å². The lowest BCUT2D eigenvalue weighted by molar-refractivity contribution is -0.144.